The summed E-state index contributed by atoms with van der Waals surface area (Å²) in [6, 6.07) is 11.9. The summed E-state index contributed by atoms with van der Waals surface area (Å²) >= 11 is 18.8. The fourth-order valence-corrected chi connectivity index (χ4v) is 4.03. The lowest BCUT2D eigenvalue weighted by Crippen LogP contribution is -1.92. The van der Waals surface area contributed by atoms with E-state index in [9.17, 15) is 8.78 Å². The highest BCUT2D eigenvalue weighted by atomic mass is 35.5. The fraction of sp³-hybridized carbons (Fsp3) is 0.294. The molecule has 0 aliphatic heterocycles. The average molecular weight is 378 g/mol. The summed E-state index contributed by atoms with van der Waals surface area (Å²) in [5.41, 5.74) is 1.53. The molecule has 2 aromatic rings. The Hall–Kier alpha value is -1.03. The van der Waals surface area contributed by atoms with Crippen molar-refractivity contribution in [3.8, 4) is 5.75 Å². The zero-order chi connectivity index (χ0) is 16.8. The molecule has 0 N–H and O–H groups in total. The van der Waals surface area contributed by atoms with Gasteiger partial charge in [0.1, 0.15) is 10.1 Å². The van der Waals surface area contributed by atoms with Crippen LogP contribution >= 0.6 is 34.8 Å². The molecule has 2 aromatic carbocycles. The van der Waals surface area contributed by atoms with Crippen LogP contribution in [0.4, 0.5) is 8.78 Å². The quantitative estimate of drug-likeness (QED) is 0.565. The number of hydrogen-bond acceptors (Lipinski definition) is 1. The first-order valence-electron chi connectivity index (χ1n) is 6.95. The minimum atomic E-state index is -2.61. The first kappa shape index (κ1) is 16.8. The summed E-state index contributed by atoms with van der Waals surface area (Å²) in [6.07, 6.45) is -2.61. The molecule has 0 spiro atoms. The van der Waals surface area contributed by atoms with Crippen LogP contribution in [-0.4, -0.2) is 11.4 Å². The first-order chi connectivity index (χ1) is 10.9. The van der Waals surface area contributed by atoms with Crippen LogP contribution in [0.3, 0.4) is 0 Å². The van der Waals surface area contributed by atoms with E-state index in [0.29, 0.717) is 0 Å². The molecule has 6 heteroatoms. The van der Waals surface area contributed by atoms with Crippen molar-refractivity contribution in [1.29, 1.82) is 0 Å². The normalized spacial score (nSPS) is 22.2. The molecule has 0 amide bonds. The standard InChI is InChI=1S/C17H13Cl3F2O/c1-23-11-5-2-9(3-6-11)14-15(17(14,19)20)10-4-7-12(16(21)22)13(18)8-10/h2-8,14-16H,1H3. The second-order valence-corrected chi connectivity index (χ2v) is 7.34. The van der Waals surface area contributed by atoms with Crippen molar-refractivity contribution in [1.82, 2.24) is 0 Å². The van der Waals surface area contributed by atoms with E-state index in [0.717, 1.165) is 16.9 Å². The molecule has 0 radical (unpaired) electrons. The zero-order valence-electron chi connectivity index (χ0n) is 12.1. The van der Waals surface area contributed by atoms with E-state index in [1.54, 1.807) is 13.2 Å². The van der Waals surface area contributed by atoms with Crippen molar-refractivity contribution in [3.63, 3.8) is 0 Å². The van der Waals surface area contributed by atoms with E-state index in [1.165, 1.54) is 12.1 Å². The SMILES string of the molecule is COc1ccc(C2C(c3ccc(C(F)F)c(Cl)c3)C2(Cl)Cl)cc1. The predicted molar refractivity (Wildman–Crippen MR) is 89.3 cm³/mol. The Labute approximate surface area is 148 Å². The molecule has 2 unspecified atom stereocenters. The first-order valence-corrected chi connectivity index (χ1v) is 8.09. The van der Waals surface area contributed by atoms with Gasteiger partial charge in [-0.1, -0.05) is 35.9 Å². The van der Waals surface area contributed by atoms with Gasteiger partial charge in [0.15, 0.2) is 0 Å². The summed E-state index contributed by atoms with van der Waals surface area (Å²) < 4.78 is 29.7. The highest BCUT2D eigenvalue weighted by Crippen LogP contribution is 2.70. The van der Waals surface area contributed by atoms with Crippen molar-refractivity contribution in [2.75, 3.05) is 7.11 Å². The zero-order valence-corrected chi connectivity index (χ0v) is 14.3. The number of halogens is 5. The van der Waals surface area contributed by atoms with Gasteiger partial charge in [0.05, 0.1) is 7.11 Å². The second kappa shape index (κ2) is 6.12. The van der Waals surface area contributed by atoms with Gasteiger partial charge in [0, 0.05) is 22.4 Å². The van der Waals surface area contributed by atoms with Crippen LogP contribution in [0.15, 0.2) is 42.5 Å². The topological polar surface area (TPSA) is 9.23 Å². The van der Waals surface area contributed by atoms with Crippen LogP contribution in [0, 0.1) is 0 Å². The third-order valence-corrected chi connectivity index (χ3v) is 5.41. The van der Waals surface area contributed by atoms with Gasteiger partial charge in [-0.05, 0) is 29.3 Å². The largest absolute Gasteiger partial charge is 0.497 e. The van der Waals surface area contributed by atoms with Gasteiger partial charge in [0.2, 0.25) is 0 Å². The number of benzene rings is 2. The molecule has 3 rings (SSSR count). The summed E-state index contributed by atoms with van der Waals surface area (Å²) in [6.45, 7) is 0. The molecule has 1 saturated carbocycles. The molecule has 1 nitrogen and oxygen atoms in total. The van der Waals surface area contributed by atoms with E-state index in [4.69, 9.17) is 39.5 Å². The Morgan fingerprint density at radius 3 is 2.09 bits per heavy atom. The Kier molecular flexibility index (Phi) is 4.47. The monoisotopic (exact) mass is 376 g/mol. The molecular weight excluding hydrogens is 365 g/mol. The van der Waals surface area contributed by atoms with Gasteiger partial charge in [-0.2, -0.15) is 0 Å². The van der Waals surface area contributed by atoms with Gasteiger partial charge >= 0.3 is 0 Å². The van der Waals surface area contributed by atoms with Crippen LogP contribution in [0.5, 0.6) is 5.75 Å². The molecule has 1 aliphatic rings. The molecule has 0 bridgehead atoms. The summed E-state index contributed by atoms with van der Waals surface area (Å²) in [7, 11) is 1.59. The molecule has 122 valence electrons. The molecule has 0 aromatic heterocycles. The number of methoxy groups -OCH3 is 1. The lowest BCUT2D eigenvalue weighted by atomic mass is 10.0. The molecule has 0 heterocycles. The van der Waals surface area contributed by atoms with E-state index in [1.807, 2.05) is 24.3 Å². The maximum atomic E-state index is 12.8. The smallest absolute Gasteiger partial charge is 0.265 e. The van der Waals surface area contributed by atoms with Gasteiger partial charge < -0.3 is 4.74 Å². The number of rotatable bonds is 4. The predicted octanol–water partition coefficient (Wildman–Crippen LogP) is 6.34. The molecule has 2 atom stereocenters. The van der Waals surface area contributed by atoms with Crippen molar-refractivity contribution in [3.05, 3.63) is 64.2 Å². The minimum absolute atomic E-state index is 0.0296. The highest BCUT2D eigenvalue weighted by Gasteiger charge is 2.64. The Morgan fingerprint density at radius 1 is 1.00 bits per heavy atom. The van der Waals surface area contributed by atoms with E-state index >= 15 is 0 Å². The Morgan fingerprint density at radius 2 is 1.57 bits per heavy atom. The highest BCUT2D eigenvalue weighted by molar-refractivity contribution is 6.52. The average Bonchev–Trinajstić information content (AvgIpc) is 3.09. The van der Waals surface area contributed by atoms with Crippen molar-refractivity contribution < 1.29 is 13.5 Å². The summed E-state index contributed by atoms with van der Waals surface area (Å²) in [4.78, 5) is 0. The van der Waals surface area contributed by atoms with Crippen molar-refractivity contribution >= 4 is 34.8 Å². The Bertz CT molecular complexity index is 716. The van der Waals surface area contributed by atoms with E-state index in [2.05, 4.69) is 0 Å². The van der Waals surface area contributed by atoms with Gasteiger partial charge in [-0.3, -0.25) is 0 Å². The maximum Gasteiger partial charge on any atom is 0.265 e. The van der Waals surface area contributed by atoms with Crippen LogP contribution in [-0.2, 0) is 0 Å². The minimum Gasteiger partial charge on any atom is -0.497 e. The van der Waals surface area contributed by atoms with Crippen LogP contribution in [0.2, 0.25) is 5.02 Å². The van der Waals surface area contributed by atoms with Gasteiger partial charge in [0.25, 0.3) is 6.43 Å². The molecule has 0 saturated heterocycles. The molecule has 1 aliphatic carbocycles. The van der Waals surface area contributed by atoms with E-state index < -0.39 is 10.8 Å². The fourth-order valence-electron chi connectivity index (χ4n) is 2.88. The van der Waals surface area contributed by atoms with Crippen LogP contribution in [0.1, 0.15) is 35.0 Å². The van der Waals surface area contributed by atoms with Gasteiger partial charge in [-0.25, -0.2) is 8.78 Å². The van der Waals surface area contributed by atoms with Gasteiger partial charge in [-0.15, -0.1) is 23.2 Å². The van der Waals surface area contributed by atoms with Crippen LogP contribution in [0.25, 0.3) is 0 Å². The Balaban J connectivity index is 1.89. The lowest BCUT2D eigenvalue weighted by Gasteiger charge is -2.06. The molecule has 23 heavy (non-hydrogen) atoms. The number of alkyl halides is 4. The third kappa shape index (κ3) is 3.02. The summed E-state index contributed by atoms with van der Waals surface area (Å²) in [5, 5.41) is 0.0296. The van der Waals surface area contributed by atoms with Crippen LogP contribution < -0.4 is 4.74 Å². The number of hydrogen-bond donors (Lipinski definition) is 0. The maximum absolute atomic E-state index is 12.8. The van der Waals surface area contributed by atoms with Crippen molar-refractivity contribution in [2.45, 2.75) is 22.6 Å². The molecular formula is C17H13Cl3F2O. The summed E-state index contributed by atoms with van der Waals surface area (Å²) in [5.74, 6) is 0.429. The second-order valence-electron chi connectivity index (χ2n) is 5.48. The van der Waals surface area contributed by atoms with Crippen molar-refractivity contribution in [2.24, 2.45) is 0 Å². The number of ether oxygens (including phenoxy) is 1. The van der Waals surface area contributed by atoms with E-state index in [-0.39, 0.29) is 22.4 Å². The lowest BCUT2D eigenvalue weighted by molar-refractivity contribution is 0.151. The molecule has 1 fully saturated rings. The third-order valence-electron chi connectivity index (χ3n) is 4.15.